The summed E-state index contributed by atoms with van der Waals surface area (Å²) in [5.41, 5.74) is -0.117. The van der Waals surface area contributed by atoms with Gasteiger partial charge in [-0.1, -0.05) is 20.8 Å². The Kier molecular flexibility index (Phi) is 5.67. The first-order valence-corrected chi connectivity index (χ1v) is 9.85. The Morgan fingerprint density at radius 2 is 1.81 bits per heavy atom. The molecule has 0 bridgehead atoms. The van der Waals surface area contributed by atoms with Crippen molar-refractivity contribution in [3.63, 3.8) is 0 Å². The maximum atomic E-state index is 12.8. The molecule has 26 heavy (non-hydrogen) atoms. The van der Waals surface area contributed by atoms with Crippen LogP contribution in [-0.4, -0.2) is 75.6 Å². The van der Waals surface area contributed by atoms with Crippen molar-refractivity contribution < 1.29 is 9.21 Å². The SMILES string of the molecule is CC(C)N1CCCC(N2CCN(Cc3nnc(C(C)(C)C)o3)CC2)C1=O. The predicted octanol–water partition coefficient (Wildman–Crippen LogP) is 1.88. The zero-order chi connectivity index (χ0) is 18.9. The molecule has 1 unspecified atom stereocenters. The van der Waals surface area contributed by atoms with Gasteiger partial charge in [0.15, 0.2) is 0 Å². The van der Waals surface area contributed by atoms with E-state index in [9.17, 15) is 4.79 Å². The lowest BCUT2D eigenvalue weighted by Crippen LogP contribution is -2.58. The van der Waals surface area contributed by atoms with Crippen LogP contribution in [0.1, 0.15) is 59.2 Å². The number of amides is 1. The molecular formula is C19H33N5O2. The number of carbonyl (C=O) groups excluding carboxylic acids is 1. The molecule has 0 radical (unpaired) electrons. The summed E-state index contributed by atoms with van der Waals surface area (Å²) in [6.07, 6.45) is 2.09. The Morgan fingerprint density at radius 1 is 1.12 bits per heavy atom. The highest BCUT2D eigenvalue weighted by Crippen LogP contribution is 2.23. The van der Waals surface area contributed by atoms with Gasteiger partial charge in [-0.15, -0.1) is 10.2 Å². The molecule has 2 fully saturated rings. The first-order chi connectivity index (χ1) is 12.3. The van der Waals surface area contributed by atoms with E-state index in [1.165, 1.54) is 0 Å². The van der Waals surface area contributed by atoms with E-state index in [0.717, 1.165) is 45.6 Å². The lowest BCUT2D eigenvalue weighted by molar-refractivity contribution is -0.143. The van der Waals surface area contributed by atoms with Crippen LogP contribution in [0, 0.1) is 0 Å². The first kappa shape index (κ1) is 19.3. The van der Waals surface area contributed by atoms with Crippen LogP contribution in [0.3, 0.4) is 0 Å². The van der Waals surface area contributed by atoms with Crippen molar-refractivity contribution in [3.05, 3.63) is 11.8 Å². The van der Waals surface area contributed by atoms with Gasteiger partial charge in [0.2, 0.25) is 17.7 Å². The maximum absolute atomic E-state index is 12.8. The summed E-state index contributed by atoms with van der Waals surface area (Å²) < 4.78 is 5.81. The van der Waals surface area contributed by atoms with Crippen LogP contribution in [-0.2, 0) is 16.8 Å². The molecule has 1 aromatic rings. The Labute approximate surface area is 156 Å². The second kappa shape index (κ2) is 7.64. The summed E-state index contributed by atoms with van der Waals surface area (Å²) >= 11 is 0. The highest BCUT2D eigenvalue weighted by atomic mass is 16.4. The largest absolute Gasteiger partial charge is 0.423 e. The lowest BCUT2D eigenvalue weighted by atomic mass is 9.97. The van der Waals surface area contributed by atoms with E-state index in [0.29, 0.717) is 30.3 Å². The van der Waals surface area contributed by atoms with E-state index in [1.807, 2.05) is 4.90 Å². The van der Waals surface area contributed by atoms with E-state index >= 15 is 0 Å². The summed E-state index contributed by atoms with van der Waals surface area (Å²) in [6.45, 7) is 15.7. The van der Waals surface area contributed by atoms with Crippen LogP contribution in [0.4, 0.5) is 0 Å². The minimum atomic E-state index is -0.117. The topological polar surface area (TPSA) is 65.7 Å². The van der Waals surface area contributed by atoms with Gasteiger partial charge in [-0.25, -0.2) is 0 Å². The molecule has 146 valence electrons. The summed E-state index contributed by atoms with van der Waals surface area (Å²) in [7, 11) is 0. The molecule has 7 nitrogen and oxygen atoms in total. The van der Waals surface area contributed by atoms with E-state index in [4.69, 9.17) is 4.42 Å². The zero-order valence-electron chi connectivity index (χ0n) is 16.9. The lowest BCUT2D eigenvalue weighted by Gasteiger charge is -2.43. The van der Waals surface area contributed by atoms with Gasteiger partial charge in [-0.2, -0.15) is 0 Å². The predicted molar refractivity (Wildman–Crippen MR) is 99.7 cm³/mol. The van der Waals surface area contributed by atoms with Crippen LogP contribution >= 0.6 is 0 Å². The molecular weight excluding hydrogens is 330 g/mol. The molecule has 3 rings (SSSR count). The quantitative estimate of drug-likeness (QED) is 0.814. The van der Waals surface area contributed by atoms with E-state index in [1.54, 1.807) is 0 Å². The Morgan fingerprint density at radius 3 is 2.38 bits per heavy atom. The Bertz CT molecular complexity index is 614. The van der Waals surface area contributed by atoms with Crippen molar-refractivity contribution in [3.8, 4) is 0 Å². The van der Waals surface area contributed by atoms with Crippen LogP contribution in [0.25, 0.3) is 0 Å². The number of hydrogen-bond acceptors (Lipinski definition) is 6. The van der Waals surface area contributed by atoms with Gasteiger partial charge in [0, 0.05) is 44.2 Å². The van der Waals surface area contributed by atoms with Gasteiger partial charge in [-0.05, 0) is 26.7 Å². The average molecular weight is 364 g/mol. The maximum Gasteiger partial charge on any atom is 0.240 e. The van der Waals surface area contributed by atoms with Gasteiger partial charge >= 0.3 is 0 Å². The molecule has 0 aliphatic carbocycles. The zero-order valence-corrected chi connectivity index (χ0v) is 16.9. The van der Waals surface area contributed by atoms with E-state index in [2.05, 4.69) is 54.6 Å². The molecule has 3 heterocycles. The van der Waals surface area contributed by atoms with Crippen molar-refractivity contribution in [1.82, 2.24) is 24.9 Å². The molecule has 1 aromatic heterocycles. The molecule has 0 N–H and O–H groups in total. The summed E-state index contributed by atoms with van der Waals surface area (Å²) in [5.74, 6) is 1.68. The number of piperidine rings is 1. The first-order valence-electron chi connectivity index (χ1n) is 9.85. The molecule has 0 spiro atoms. The van der Waals surface area contributed by atoms with Crippen LogP contribution in [0.5, 0.6) is 0 Å². The number of aromatic nitrogens is 2. The minimum absolute atomic E-state index is 0.0594. The van der Waals surface area contributed by atoms with Gasteiger partial charge in [0.05, 0.1) is 12.6 Å². The third-order valence-electron chi connectivity index (χ3n) is 5.38. The van der Waals surface area contributed by atoms with Gasteiger partial charge in [-0.3, -0.25) is 14.6 Å². The number of piperazine rings is 1. The number of carbonyl (C=O) groups is 1. The van der Waals surface area contributed by atoms with Crippen molar-refractivity contribution in [2.24, 2.45) is 0 Å². The standard InChI is InChI=1S/C19H33N5O2/c1-14(2)24-8-6-7-15(17(24)25)23-11-9-22(10-12-23)13-16-20-21-18(26-16)19(3,4)5/h14-15H,6-13H2,1-5H3. The van der Waals surface area contributed by atoms with Gasteiger partial charge in [0.1, 0.15) is 0 Å². The summed E-state index contributed by atoms with van der Waals surface area (Å²) in [6, 6.07) is 0.352. The van der Waals surface area contributed by atoms with Crippen LogP contribution < -0.4 is 0 Å². The highest BCUT2D eigenvalue weighted by Gasteiger charge is 2.35. The fraction of sp³-hybridized carbons (Fsp3) is 0.842. The fourth-order valence-corrected chi connectivity index (χ4v) is 3.78. The third kappa shape index (κ3) is 4.26. The Balaban J connectivity index is 1.53. The third-order valence-corrected chi connectivity index (χ3v) is 5.38. The molecule has 0 aromatic carbocycles. The second-order valence-electron chi connectivity index (χ2n) is 8.85. The van der Waals surface area contributed by atoms with E-state index in [-0.39, 0.29) is 11.5 Å². The van der Waals surface area contributed by atoms with Crippen molar-refractivity contribution >= 4 is 5.91 Å². The average Bonchev–Trinajstić information content (AvgIpc) is 3.04. The smallest absolute Gasteiger partial charge is 0.240 e. The molecule has 2 saturated heterocycles. The molecule has 1 atom stereocenters. The van der Waals surface area contributed by atoms with Gasteiger partial charge in [0.25, 0.3) is 0 Å². The number of likely N-dealkylation sites (tertiary alicyclic amines) is 1. The van der Waals surface area contributed by atoms with Crippen LogP contribution in [0.2, 0.25) is 0 Å². The molecule has 2 aliphatic heterocycles. The number of nitrogens with zero attached hydrogens (tertiary/aromatic N) is 5. The molecule has 2 aliphatic rings. The summed E-state index contributed by atoms with van der Waals surface area (Å²) in [5, 5.41) is 8.37. The van der Waals surface area contributed by atoms with E-state index < -0.39 is 0 Å². The van der Waals surface area contributed by atoms with Crippen molar-refractivity contribution in [2.45, 2.75) is 71.5 Å². The van der Waals surface area contributed by atoms with Crippen molar-refractivity contribution in [1.29, 1.82) is 0 Å². The van der Waals surface area contributed by atoms with Crippen molar-refractivity contribution in [2.75, 3.05) is 32.7 Å². The minimum Gasteiger partial charge on any atom is -0.423 e. The van der Waals surface area contributed by atoms with Crippen LogP contribution in [0.15, 0.2) is 4.42 Å². The van der Waals surface area contributed by atoms with Gasteiger partial charge < -0.3 is 9.32 Å². The number of rotatable bonds is 4. The summed E-state index contributed by atoms with van der Waals surface area (Å²) in [4.78, 5) is 19.5. The normalized spacial score (nSPS) is 23.8. The fourth-order valence-electron chi connectivity index (χ4n) is 3.78. The molecule has 1 amide bonds. The Hall–Kier alpha value is -1.47. The molecule has 7 heteroatoms. The highest BCUT2D eigenvalue weighted by molar-refractivity contribution is 5.82. The second-order valence-corrected chi connectivity index (χ2v) is 8.85. The number of hydrogen-bond donors (Lipinski definition) is 0. The molecule has 0 saturated carbocycles. The monoisotopic (exact) mass is 363 g/mol.